The second kappa shape index (κ2) is 14.2. The number of hydrogen-bond acceptors (Lipinski definition) is 5. The Hall–Kier alpha value is -3.99. The SMILES string of the molecule is Cc1ccc(C(=O)N[C@@H](CC(=O)N2CCC(N3Cc4ccccc4NC3=O)CC2)C(=O)N2CCC(N3CCCCC3)CC2)cc1F. The number of anilines is 1. The molecule has 10 nitrogen and oxygen atoms in total. The van der Waals surface area contributed by atoms with Crippen molar-refractivity contribution in [3.05, 3.63) is 65.0 Å². The molecular weight excluding hydrogens is 587 g/mol. The molecule has 0 aromatic heterocycles. The average Bonchev–Trinajstić information content (AvgIpc) is 3.09. The zero-order valence-electron chi connectivity index (χ0n) is 26.7. The average molecular weight is 633 g/mol. The Balaban J connectivity index is 1.09. The number of amides is 5. The van der Waals surface area contributed by atoms with Gasteiger partial charge in [0.1, 0.15) is 11.9 Å². The molecule has 2 aromatic rings. The second-order valence-electron chi connectivity index (χ2n) is 13.2. The molecule has 0 saturated carbocycles. The zero-order chi connectivity index (χ0) is 32.2. The summed E-state index contributed by atoms with van der Waals surface area (Å²) in [6.45, 7) is 6.41. The number of hydrogen-bond donors (Lipinski definition) is 2. The van der Waals surface area contributed by atoms with E-state index in [9.17, 15) is 23.6 Å². The third-order valence-corrected chi connectivity index (χ3v) is 10.2. The molecule has 3 fully saturated rings. The summed E-state index contributed by atoms with van der Waals surface area (Å²) < 4.78 is 14.3. The number of urea groups is 1. The van der Waals surface area contributed by atoms with E-state index in [0.29, 0.717) is 57.2 Å². The maximum absolute atomic E-state index is 14.3. The molecule has 4 aliphatic rings. The van der Waals surface area contributed by atoms with Crippen molar-refractivity contribution in [2.24, 2.45) is 0 Å². The van der Waals surface area contributed by atoms with Gasteiger partial charge in [-0.3, -0.25) is 14.4 Å². The molecule has 246 valence electrons. The van der Waals surface area contributed by atoms with E-state index in [4.69, 9.17) is 0 Å². The summed E-state index contributed by atoms with van der Waals surface area (Å²) in [7, 11) is 0. The maximum Gasteiger partial charge on any atom is 0.322 e. The number of fused-ring (bicyclic) bond motifs is 1. The second-order valence-corrected chi connectivity index (χ2v) is 13.2. The minimum Gasteiger partial charge on any atom is -0.342 e. The standard InChI is InChI=1S/C35H45FN6O4/c1-24-9-10-25(21-29(24)36)33(44)37-31(34(45)41-19-11-27(12-20-41)39-15-5-2-6-16-39)22-32(43)40-17-13-28(14-18-40)42-23-26-7-3-4-8-30(26)38-35(42)46/h3-4,7-10,21,27-28,31H,2,5-6,11-20,22-23H2,1H3,(H,37,44)(H,38,46)/t31-/m0/s1. The largest absolute Gasteiger partial charge is 0.342 e. The molecular formula is C35H45FN6O4. The molecule has 4 heterocycles. The lowest BCUT2D eigenvalue weighted by Gasteiger charge is -2.41. The monoisotopic (exact) mass is 632 g/mol. The Morgan fingerprint density at radius 3 is 2.28 bits per heavy atom. The van der Waals surface area contributed by atoms with Crippen LogP contribution in [0.2, 0.25) is 0 Å². The van der Waals surface area contributed by atoms with Crippen molar-refractivity contribution in [1.82, 2.24) is 24.9 Å². The predicted molar refractivity (Wildman–Crippen MR) is 173 cm³/mol. The number of nitrogens with one attached hydrogen (secondary N) is 2. The quantitative estimate of drug-likeness (QED) is 0.478. The number of carbonyl (C=O) groups excluding carboxylic acids is 4. The normalized spacial score (nSPS) is 20.6. The Bertz CT molecular complexity index is 1450. The topological polar surface area (TPSA) is 105 Å². The number of likely N-dealkylation sites (tertiary alicyclic amines) is 3. The van der Waals surface area contributed by atoms with Gasteiger partial charge in [-0.2, -0.15) is 0 Å². The van der Waals surface area contributed by atoms with E-state index in [1.165, 1.54) is 31.4 Å². The van der Waals surface area contributed by atoms with E-state index in [1.54, 1.807) is 16.7 Å². The maximum atomic E-state index is 14.3. The van der Waals surface area contributed by atoms with E-state index in [0.717, 1.165) is 43.2 Å². The Morgan fingerprint density at radius 2 is 1.57 bits per heavy atom. The van der Waals surface area contributed by atoms with Crippen molar-refractivity contribution in [3.8, 4) is 0 Å². The first-order valence-corrected chi connectivity index (χ1v) is 16.8. The van der Waals surface area contributed by atoms with Crippen LogP contribution in [0.3, 0.4) is 0 Å². The summed E-state index contributed by atoms with van der Waals surface area (Å²) >= 11 is 0. The van der Waals surface area contributed by atoms with Crippen molar-refractivity contribution in [2.75, 3.05) is 44.6 Å². The molecule has 2 aromatic carbocycles. The first-order valence-electron chi connectivity index (χ1n) is 16.8. The minimum atomic E-state index is -1.06. The Morgan fingerprint density at radius 1 is 0.891 bits per heavy atom. The van der Waals surface area contributed by atoms with Crippen LogP contribution in [0.5, 0.6) is 0 Å². The Kier molecular flexibility index (Phi) is 9.86. The molecule has 11 heteroatoms. The zero-order valence-corrected chi connectivity index (χ0v) is 26.7. The van der Waals surface area contributed by atoms with Crippen LogP contribution in [0.1, 0.15) is 72.9 Å². The molecule has 4 aliphatic heterocycles. The summed E-state index contributed by atoms with van der Waals surface area (Å²) in [5.41, 5.74) is 2.43. The molecule has 5 amide bonds. The van der Waals surface area contributed by atoms with Gasteiger partial charge in [0, 0.05) is 56.1 Å². The fourth-order valence-electron chi connectivity index (χ4n) is 7.38. The van der Waals surface area contributed by atoms with E-state index < -0.39 is 17.8 Å². The predicted octanol–water partition coefficient (Wildman–Crippen LogP) is 4.14. The number of piperidine rings is 3. The van der Waals surface area contributed by atoms with E-state index >= 15 is 0 Å². The van der Waals surface area contributed by atoms with Crippen molar-refractivity contribution >= 4 is 29.4 Å². The molecule has 6 rings (SSSR count). The van der Waals surface area contributed by atoms with Crippen molar-refractivity contribution in [2.45, 2.75) is 83.0 Å². The van der Waals surface area contributed by atoms with Gasteiger partial charge in [0.2, 0.25) is 11.8 Å². The summed E-state index contributed by atoms with van der Waals surface area (Å²) in [6, 6.07) is 11.2. The van der Waals surface area contributed by atoms with Crippen LogP contribution in [0.25, 0.3) is 0 Å². The lowest BCUT2D eigenvalue weighted by atomic mass is 9.98. The Labute approximate surface area is 270 Å². The third-order valence-electron chi connectivity index (χ3n) is 10.2. The van der Waals surface area contributed by atoms with Crippen LogP contribution in [-0.2, 0) is 16.1 Å². The summed E-state index contributed by atoms with van der Waals surface area (Å²) in [6.07, 6.45) is 6.51. The number of halogens is 1. The fraction of sp³-hybridized carbons (Fsp3) is 0.543. The summed E-state index contributed by atoms with van der Waals surface area (Å²) in [5.74, 6) is -1.57. The van der Waals surface area contributed by atoms with Gasteiger partial charge in [0.15, 0.2) is 0 Å². The number of aryl methyl sites for hydroxylation is 1. The van der Waals surface area contributed by atoms with Crippen LogP contribution in [0, 0.1) is 12.7 Å². The molecule has 0 aliphatic carbocycles. The molecule has 2 N–H and O–H groups in total. The highest BCUT2D eigenvalue weighted by atomic mass is 19.1. The molecule has 1 atom stereocenters. The molecule has 3 saturated heterocycles. The van der Waals surface area contributed by atoms with Crippen LogP contribution in [0.15, 0.2) is 42.5 Å². The van der Waals surface area contributed by atoms with Gasteiger partial charge in [-0.1, -0.05) is 30.7 Å². The van der Waals surface area contributed by atoms with E-state index in [1.807, 2.05) is 29.2 Å². The van der Waals surface area contributed by atoms with Crippen LogP contribution in [-0.4, -0.2) is 101 Å². The molecule has 0 radical (unpaired) electrons. The smallest absolute Gasteiger partial charge is 0.322 e. The van der Waals surface area contributed by atoms with Crippen molar-refractivity contribution < 1.29 is 23.6 Å². The molecule has 0 unspecified atom stereocenters. The van der Waals surface area contributed by atoms with Gasteiger partial charge < -0.3 is 30.2 Å². The van der Waals surface area contributed by atoms with Gasteiger partial charge in [-0.05, 0) is 87.9 Å². The highest BCUT2D eigenvalue weighted by Gasteiger charge is 2.36. The number of nitrogens with zero attached hydrogens (tertiary/aromatic N) is 4. The first kappa shape index (κ1) is 32.0. The number of para-hydroxylation sites is 1. The third kappa shape index (κ3) is 7.19. The van der Waals surface area contributed by atoms with Crippen molar-refractivity contribution in [3.63, 3.8) is 0 Å². The lowest BCUT2D eigenvalue weighted by molar-refractivity contribution is -0.140. The lowest BCUT2D eigenvalue weighted by Crippen LogP contribution is -2.55. The van der Waals surface area contributed by atoms with Gasteiger partial charge in [-0.25, -0.2) is 9.18 Å². The van der Waals surface area contributed by atoms with E-state index in [-0.39, 0.29) is 35.9 Å². The van der Waals surface area contributed by atoms with Crippen LogP contribution < -0.4 is 10.6 Å². The van der Waals surface area contributed by atoms with Gasteiger partial charge in [0.25, 0.3) is 5.91 Å². The van der Waals surface area contributed by atoms with Crippen LogP contribution >= 0.6 is 0 Å². The van der Waals surface area contributed by atoms with Crippen LogP contribution in [0.4, 0.5) is 14.9 Å². The fourth-order valence-corrected chi connectivity index (χ4v) is 7.38. The first-order chi connectivity index (χ1) is 22.3. The molecule has 46 heavy (non-hydrogen) atoms. The van der Waals surface area contributed by atoms with Gasteiger partial charge in [0.05, 0.1) is 6.42 Å². The summed E-state index contributed by atoms with van der Waals surface area (Å²) in [5, 5.41) is 5.75. The van der Waals surface area contributed by atoms with Gasteiger partial charge in [-0.15, -0.1) is 0 Å². The minimum absolute atomic E-state index is 0.00725. The summed E-state index contributed by atoms with van der Waals surface area (Å²) in [4.78, 5) is 61.5. The number of rotatable bonds is 7. The highest BCUT2D eigenvalue weighted by molar-refractivity contribution is 5.99. The molecule has 0 bridgehead atoms. The van der Waals surface area contributed by atoms with Gasteiger partial charge >= 0.3 is 6.03 Å². The highest BCUT2D eigenvalue weighted by Crippen LogP contribution is 2.28. The van der Waals surface area contributed by atoms with E-state index in [2.05, 4.69) is 15.5 Å². The number of carbonyl (C=O) groups is 4. The number of benzene rings is 2. The molecule has 0 spiro atoms. The van der Waals surface area contributed by atoms with Crippen molar-refractivity contribution in [1.29, 1.82) is 0 Å².